The van der Waals surface area contributed by atoms with Crippen molar-refractivity contribution < 1.29 is 14.3 Å². The number of rotatable bonds is 1. The molecule has 25 heavy (non-hydrogen) atoms. The Morgan fingerprint density at radius 3 is 2.92 bits per heavy atom. The highest BCUT2D eigenvalue weighted by Gasteiger charge is 2.51. The summed E-state index contributed by atoms with van der Waals surface area (Å²) in [4.78, 5) is 31.1. The summed E-state index contributed by atoms with van der Waals surface area (Å²) in [7, 11) is 0. The van der Waals surface area contributed by atoms with Crippen LogP contribution in [0.3, 0.4) is 0 Å². The Morgan fingerprint density at radius 2 is 2.12 bits per heavy atom. The first-order valence-electron chi connectivity index (χ1n) is 7.98. The summed E-state index contributed by atoms with van der Waals surface area (Å²) in [5, 5.41) is 3.37. The van der Waals surface area contributed by atoms with Crippen LogP contribution in [0.15, 0.2) is 36.7 Å². The van der Waals surface area contributed by atoms with E-state index in [9.17, 15) is 9.59 Å². The van der Waals surface area contributed by atoms with E-state index >= 15 is 0 Å². The second-order valence-electron chi connectivity index (χ2n) is 6.34. The predicted molar refractivity (Wildman–Crippen MR) is 93.1 cm³/mol. The first-order chi connectivity index (χ1) is 12.0. The van der Waals surface area contributed by atoms with Gasteiger partial charge in [-0.05, 0) is 36.8 Å². The van der Waals surface area contributed by atoms with E-state index in [1.807, 2.05) is 6.92 Å². The van der Waals surface area contributed by atoms with Crippen molar-refractivity contribution in [1.29, 1.82) is 0 Å². The quantitative estimate of drug-likeness (QED) is 0.851. The second-order valence-corrected chi connectivity index (χ2v) is 6.78. The first-order valence-corrected chi connectivity index (χ1v) is 8.36. The Morgan fingerprint density at radius 1 is 1.28 bits per heavy atom. The number of nitrogens with one attached hydrogen (secondary N) is 1. The Bertz CT molecular complexity index is 886. The Balaban J connectivity index is 1.84. The van der Waals surface area contributed by atoms with Gasteiger partial charge in [0.2, 0.25) is 5.91 Å². The number of hydrogen-bond acceptors (Lipinski definition) is 4. The number of hydrogen-bond donors (Lipinski definition) is 1. The van der Waals surface area contributed by atoms with Crippen molar-refractivity contribution in [3.8, 4) is 5.75 Å². The Labute approximate surface area is 149 Å². The van der Waals surface area contributed by atoms with Crippen LogP contribution in [0.4, 0.5) is 10.5 Å². The molecular weight excluding hydrogens is 342 g/mol. The normalized spacial score (nSPS) is 22.4. The molecule has 2 aromatic rings. The molecule has 0 bridgehead atoms. The average Bonchev–Trinajstić information content (AvgIpc) is 2.59. The number of ether oxygens (including phenoxy) is 1. The number of aryl methyl sites for hydroxylation is 1. The summed E-state index contributed by atoms with van der Waals surface area (Å²) in [5.41, 5.74) is 1.14. The molecule has 4 rings (SSSR count). The molecule has 6 nitrogen and oxygen atoms in total. The summed E-state index contributed by atoms with van der Waals surface area (Å²) in [5.74, 6) is 0.345. The van der Waals surface area contributed by atoms with E-state index in [1.54, 1.807) is 30.5 Å². The predicted octanol–water partition coefficient (Wildman–Crippen LogP) is 2.82. The van der Waals surface area contributed by atoms with Crippen LogP contribution in [0.25, 0.3) is 0 Å². The lowest BCUT2D eigenvalue weighted by Crippen LogP contribution is -2.64. The van der Waals surface area contributed by atoms with Crippen LogP contribution in [0, 0.1) is 6.92 Å². The minimum absolute atomic E-state index is 0.219. The molecule has 0 saturated carbocycles. The second kappa shape index (κ2) is 5.74. The van der Waals surface area contributed by atoms with Gasteiger partial charge >= 0.3 is 6.03 Å². The van der Waals surface area contributed by atoms with Gasteiger partial charge in [0, 0.05) is 29.7 Å². The molecule has 3 amide bonds. The highest BCUT2D eigenvalue weighted by atomic mass is 35.5. The van der Waals surface area contributed by atoms with E-state index in [2.05, 4.69) is 10.3 Å². The number of benzene rings is 1. The van der Waals surface area contributed by atoms with E-state index in [0.717, 1.165) is 5.56 Å². The largest absolute Gasteiger partial charge is 0.493 e. The van der Waals surface area contributed by atoms with E-state index < -0.39 is 11.4 Å². The van der Waals surface area contributed by atoms with Crippen LogP contribution in [0.1, 0.15) is 17.5 Å². The lowest BCUT2D eigenvalue weighted by Gasteiger charge is -2.43. The zero-order chi connectivity index (χ0) is 17.6. The van der Waals surface area contributed by atoms with E-state index in [4.69, 9.17) is 16.3 Å². The third-order valence-electron chi connectivity index (χ3n) is 4.72. The van der Waals surface area contributed by atoms with E-state index in [-0.39, 0.29) is 12.5 Å². The van der Waals surface area contributed by atoms with Gasteiger partial charge in [0.1, 0.15) is 5.75 Å². The molecule has 0 aliphatic carbocycles. The number of halogens is 1. The molecule has 3 heterocycles. The number of carbonyl (C=O) groups is 2. The minimum atomic E-state index is -0.893. The van der Waals surface area contributed by atoms with E-state index in [1.165, 1.54) is 11.1 Å². The molecule has 2 aliphatic heterocycles. The number of anilines is 1. The van der Waals surface area contributed by atoms with E-state index in [0.29, 0.717) is 35.1 Å². The standard InChI is InChI=1S/C18H16ClN3O3/c1-11-6-13(9-20-8-11)22-16(23)18(10-21-17(22)24)4-5-25-15-3-2-12(19)7-14(15)18/h2-3,6-9H,4-5,10H2,1H3,(H,21,24). The van der Waals surface area contributed by atoms with Gasteiger partial charge in [-0.3, -0.25) is 9.78 Å². The lowest BCUT2D eigenvalue weighted by atomic mass is 9.73. The number of nitrogens with zero attached hydrogens (tertiary/aromatic N) is 2. The van der Waals surface area contributed by atoms with Crippen molar-refractivity contribution in [1.82, 2.24) is 10.3 Å². The van der Waals surface area contributed by atoms with Gasteiger partial charge in [-0.2, -0.15) is 0 Å². The molecule has 1 spiro atoms. The van der Waals surface area contributed by atoms with Crippen molar-refractivity contribution in [2.24, 2.45) is 0 Å². The summed E-state index contributed by atoms with van der Waals surface area (Å²) in [6.07, 6.45) is 3.66. The molecule has 1 fully saturated rings. The SMILES string of the molecule is Cc1cncc(N2C(=O)NCC3(CCOc4ccc(Cl)cc43)C2=O)c1. The monoisotopic (exact) mass is 357 g/mol. The molecule has 1 N–H and O–H groups in total. The van der Waals surface area contributed by atoms with Crippen molar-refractivity contribution in [3.05, 3.63) is 52.8 Å². The van der Waals surface area contributed by atoms with Crippen LogP contribution >= 0.6 is 11.6 Å². The molecule has 0 radical (unpaired) electrons. The fraction of sp³-hybridized carbons (Fsp3) is 0.278. The summed E-state index contributed by atoms with van der Waals surface area (Å²) in [6, 6.07) is 6.56. The Hall–Kier alpha value is -2.60. The minimum Gasteiger partial charge on any atom is -0.493 e. The Kier molecular flexibility index (Phi) is 3.65. The number of fused-ring (bicyclic) bond motifs is 2. The van der Waals surface area contributed by atoms with Crippen LogP contribution in [0.5, 0.6) is 5.75 Å². The maximum absolute atomic E-state index is 13.4. The van der Waals surface area contributed by atoms with Crippen molar-refractivity contribution in [2.75, 3.05) is 18.1 Å². The highest BCUT2D eigenvalue weighted by Crippen LogP contribution is 2.43. The summed E-state index contributed by atoms with van der Waals surface area (Å²) in [6.45, 7) is 2.48. The zero-order valence-electron chi connectivity index (χ0n) is 13.6. The number of amides is 3. The molecule has 7 heteroatoms. The van der Waals surface area contributed by atoms with Crippen LogP contribution in [-0.4, -0.2) is 30.1 Å². The molecule has 1 unspecified atom stereocenters. The van der Waals surface area contributed by atoms with Crippen LogP contribution < -0.4 is 15.0 Å². The number of pyridine rings is 1. The van der Waals surface area contributed by atoms with Gasteiger partial charge in [0.05, 0.1) is 23.9 Å². The molecule has 1 atom stereocenters. The average molecular weight is 358 g/mol. The molecule has 2 aliphatic rings. The third kappa shape index (κ3) is 2.44. The van der Waals surface area contributed by atoms with Crippen LogP contribution in [-0.2, 0) is 10.2 Å². The smallest absolute Gasteiger partial charge is 0.328 e. The fourth-order valence-corrected chi connectivity index (χ4v) is 3.63. The number of imide groups is 1. The van der Waals surface area contributed by atoms with Gasteiger partial charge in [0.25, 0.3) is 0 Å². The third-order valence-corrected chi connectivity index (χ3v) is 4.95. The van der Waals surface area contributed by atoms with Crippen molar-refractivity contribution in [3.63, 3.8) is 0 Å². The topological polar surface area (TPSA) is 71.5 Å². The summed E-state index contributed by atoms with van der Waals surface area (Å²) < 4.78 is 5.69. The maximum Gasteiger partial charge on any atom is 0.328 e. The van der Waals surface area contributed by atoms with Gasteiger partial charge in [-0.25, -0.2) is 9.69 Å². The molecular formula is C18H16ClN3O3. The number of carbonyl (C=O) groups excluding carboxylic acids is 2. The molecule has 128 valence electrons. The molecule has 1 aromatic carbocycles. The van der Waals surface area contributed by atoms with Gasteiger partial charge in [-0.1, -0.05) is 11.6 Å². The van der Waals surface area contributed by atoms with Gasteiger partial charge in [-0.15, -0.1) is 0 Å². The number of urea groups is 1. The maximum atomic E-state index is 13.4. The van der Waals surface area contributed by atoms with Gasteiger partial charge < -0.3 is 10.1 Å². The summed E-state index contributed by atoms with van der Waals surface area (Å²) >= 11 is 6.15. The molecule has 1 aromatic heterocycles. The first kappa shape index (κ1) is 15.9. The zero-order valence-corrected chi connectivity index (χ0v) is 14.3. The lowest BCUT2D eigenvalue weighted by molar-refractivity contribution is -0.125. The highest BCUT2D eigenvalue weighted by molar-refractivity contribution is 6.30. The van der Waals surface area contributed by atoms with Crippen LogP contribution in [0.2, 0.25) is 5.02 Å². The fourth-order valence-electron chi connectivity index (χ4n) is 3.46. The molecule has 1 saturated heterocycles. The van der Waals surface area contributed by atoms with Crippen molar-refractivity contribution in [2.45, 2.75) is 18.8 Å². The van der Waals surface area contributed by atoms with Gasteiger partial charge in [0.15, 0.2) is 0 Å². The number of aromatic nitrogens is 1. The van der Waals surface area contributed by atoms with Crippen molar-refractivity contribution >= 4 is 29.2 Å².